The Hall–Kier alpha value is -1.10. The first-order valence-electron chi connectivity index (χ1n) is 12.2. The summed E-state index contributed by atoms with van der Waals surface area (Å²) in [5.74, 6) is 1.96. The van der Waals surface area contributed by atoms with Crippen LogP contribution in [0.1, 0.15) is 70.6 Å². The fourth-order valence-electron chi connectivity index (χ4n) is 7.74. The normalized spacial score (nSPS) is 41.2. The minimum atomic E-state index is -0.812. The summed E-state index contributed by atoms with van der Waals surface area (Å²) >= 11 is 6.38. The zero-order valence-electron chi connectivity index (χ0n) is 17.8. The van der Waals surface area contributed by atoms with Crippen LogP contribution < -0.4 is 4.90 Å². The molecule has 3 aliphatic heterocycles. The van der Waals surface area contributed by atoms with Gasteiger partial charge >= 0.3 is 0 Å². The molecule has 4 nitrogen and oxygen atoms in total. The molecule has 0 aromatic heterocycles. The molecular formula is C25H34ClN3O. The van der Waals surface area contributed by atoms with Gasteiger partial charge in [-0.3, -0.25) is 4.90 Å². The molecule has 6 rings (SSSR count). The van der Waals surface area contributed by atoms with Gasteiger partial charge in [-0.05, 0) is 68.9 Å². The third kappa shape index (κ3) is 3.30. The van der Waals surface area contributed by atoms with Crippen LogP contribution in [0.4, 0.5) is 11.4 Å². The number of fused-ring (bicyclic) bond motifs is 5. The van der Waals surface area contributed by atoms with Crippen molar-refractivity contribution in [3.8, 4) is 0 Å². The molecule has 2 saturated heterocycles. The molecule has 3 heterocycles. The summed E-state index contributed by atoms with van der Waals surface area (Å²) in [4.78, 5) is 9.60. The molecule has 7 atom stereocenters. The molecule has 2 saturated carbocycles. The highest BCUT2D eigenvalue weighted by atomic mass is 35.5. The number of benzene rings is 1. The van der Waals surface area contributed by atoms with Crippen molar-refractivity contribution in [3.05, 3.63) is 24.3 Å². The van der Waals surface area contributed by atoms with Crippen LogP contribution >= 0.6 is 11.6 Å². The van der Waals surface area contributed by atoms with Gasteiger partial charge in [0.1, 0.15) is 0 Å². The van der Waals surface area contributed by atoms with E-state index in [-0.39, 0.29) is 0 Å². The number of aliphatic hydroxyl groups excluding tert-OH is 1. The van der Waals surface area contributed by atoms with Crippen LogP contribution in [0, 0.1) is 11.8 Å². The second kappa shape index (κ2) is 7.79. The first-order chi connectivity index (χ1) is 14.7. The third-order valence-corrected chi connectivity index (χ3v) is 9.07. The van der Waals surface area contributed by atoms with Crippen LogP contribution in [0.2, 0.25) is 0 Å². The molecule has 5 heteroatoms. The number of aliphatic imine (C=N–C) groups is 1. The van der Waals surface area contributed by atoms with Crippen molar-refractivity contribution in [2.75, 3.05) is 4.90 Å². The average molecular weight is 428 g/mol. The standard InChI is InChI=1S/C25H34ClN3O/c26-24-25(30)29(23-10-2-1-9-22(23)27-24)21-14-18-7-4-8-19(15-21)28(18)20-12-16-5-3-6-17(11-16)13-20/h1-2,9-10,16-21,25,30H,3-8,11-15H2/t16-,17+,18-,19+,20+,21+,25?. The number of nitrogens with zero attached hydrogens (tertiary/aromatic N) is 3. The van der Waals surface area contributed by atoms with Gasteiger partial charge in [0, 0.05) is 24.2 Å². The lowest BCUT2D eigenvalue weighted by molar-refractivity contribution is -0.0430. The van der Waals surface area contributed by atoms with E-state index in [0.29, 0.717) is 23.3 Å². The van der Waals surface area contributed by atoms with Gasteiger partial charge in [0.15, 0.2) is 11.4 Å². The van der Waals surface area contributed by atoms with Gasteiger partial charge in [-0.15, -0.1) is 0 Å². The quantitative estimate of drug-likeness (QED) is 0.682. The van der Waals surface area contributed by atoms with Gasteiger partial charge in [-0.2, -0.15) is 0 Å². The molecule has 1 aromatic carbocycles. The highest BCUT2D eigenvalue weighted by Gasteiger charge is 2.47. The van der Waals surface area contributed by atoms with E-state index < -0.39 is 6.23 Å². The van der Waals surface area contributed by atoms with Gasteiger partial charge in [0.05, 0.1) is 11.4 Å². The summed E-state index contributed by atoms with van der Waals surface area (Å²) in [6.07, 6.45) is 14.2. The number of rotatable bonds is 2. The molecule has 2 aliphatic carbocycles. The number of halogens is 1. The fraction of sp³-hybridized carbons (Fsp3) is 0.720. The second-order valence-electron chi connectivity index (χ2n) is 10.5. The molecule has 1 N–H and O–H groups in total. The lowest BCUT2D eigenvalue weighted by Gasteiger charge is -2.57. The van der Waals surface area contributed by atoms with Gasteiger partial charge < -0.3 is 10.0 Å². The van der Waals surface area contributed by atoms with E-state index in [2.05, 4.69) is 20.9 Å². The first-order valence-corrected chi connectivity index (χ1v) is 12.6. The summed E-state index contributed by atoms with van der Waals surface area (Å²) in [5.41, 5.74) is 1.93. The predicted octanol–water partition coefficient (Wildman–Crippen LogP) is 5.45. The Labute approximate surface area is 185 Å². The topological polar surface area (TPSA) is 39.1 Å². The zero-order chi connectivity index (χ0) is 20.2. The molecule has 1 unspecified atom stereocenters. The van der Waals surface area contributed by atoms with E-state index in [1.807, 2.05) is 18.2 Å². The van der Waals surface area contributed by atoms with Crippen LogP contribution in [0.25, 0.3) is 0 Å². The molecular weight excluding hydrogens is 394 g/mol. The molecule has 1 aromatic rings. The lowest BCUT2D eigenvalue weighted by Crippen LogP contribution is -2.63. The Balaban J connectivity index is 1.26. The largest absolute Gasteiger partial charge is 0.367 e. The van der Waals surface area contributed by atoms with Crippen LogP contribution in [-0.2, 0) is 0 Å². The Morgan fingerprint density at radius 1 is 0.800 bits per heavy atom. The number of hydrogen-bond donors (Lipinski definition) is 1. The van der Waals surface area contributed by atoms with Crippen LogP contribution in [0.5, 0.6) is 0 Å². The van der Waals surface area contributed by atoms with E-state index >= 15 is 0 Å². The van der Waals surface area contributed by atoms with E-state index in [1.165, 1.54) is 57.8 Å². The molecule has 4 bridgehead atoms. The van der Waals surface area contributed by atoms with Crippen LogP contribution in [0.15, 0.2) is 29.3 Å². The monoisotopic (exact) mass is 427 g/mol. The highest BCUT2D eigenvalue weighted by Crippen LogP contribution is 2.47. The zero-order valence-corrected chi connectivity index (χ0v) is 18.6. The Bertz CT molecular complexity index is 802. The number of piperidine rings is 2. The number of para-hydroxylation sites is 2. The third-order valence-electron chi connectivity index (χ3n) is 8.79. The molecule has 4 fully saturated rings. The van der Waals surface area contributed by atoms with Crippen LogP contribution in [0.3, 0.4) is 0 Å². The molecule has 5 aliphatic rings. The summed E-state index contributed by atoms with van der Waals surface area (Å²) in [6, 6.07) is 10.6. The molecule has 0 radical (unpaired) electrons. The van der Waals surface area contributed by atoms with E-state index in [0.717, 1.165) is 42.1 Å². The van der Waals surface area contributed by atoms with E-state index in [9.17, 15) is 5.11 Å². The van der Waals surface area contributed by atoms with E-state index in [4.69, 9.17) is 11.6 Å². The molecule has 30 heavy (non-hydrogen) atoms. The fourth-order valence-corrected chi connectivity index (χ4v) is 7.94. The van der Waals surface area contributed by atoms with Crippen molar-refractivity contribution in [1.29, 1.82) is 0 Å². The van der Waals surface area contributed by atoms with Gasteiger partial charge in [0.2, 0.25) is 0 Å². The first kappa shape index (κ1) is 19.6. The minimum Gasteiger partial charge on any atom is -0.367 e. The predicted molar refractivity (Wildman–Crippen MR) is 123 cm³/mol. The van der Waals surface area contributed by atoms with Crippen molar-refractivity contribution >= 4 is 28.1 Å². The van der Waals surface area contributed by atoms with Gasteiger partial charge in [0.25, 0.3) is 0 Å². The Morgan fingerprint density at radius 2 is 1.47 bits per heavy atom. The smallest absolute Gasteiger partial charge is 0.182 e. The Kier molecular flexibility index (Phi) is 5.08. The SMILES string of the molecule is OC1C(Cl)=Nc2ccccc2N1[C@H]1C[C@H]2CCC[C@@H](C1)N2[C@H]1C[C@@H]2CCC[C@@H](C2)C1. The number of hydrogen-bond acceptors (Lipinski definition) is 4. The van der Waals surface area contributed by atoms with Gasteiger partial charge in [-0.1, -0.05) is 49.4 Å². The lowest BCUT2D eigenvalue weighted by atomic mass is 9.68. The molecule has 0 amide bonds. The maximum atomic E-state index is 11.0. The van der Waals surface area contributed by atoms with Crippen molar-refractivity contribution in [3.63, 3.8) is 0 Å². The Morgan fingerprint density at radius 3 is 2.20 bits per heavy atom. The van der Waals surface area contributed by atoms with Crippen molar-refractivity contribution < 1.29 is 5.11 Å². The molecule has 162 valence electrons. The minimum absolute atomic E-state index is 0.307. The average Bonchev–Trinajstić information content (AvgIpc) is 2.73. The maximum absolute atomic E-state index is 11.0. The second-order valence-corrected chi connectivity index (χ2v) is 10.9. The van der Waals surface area contributed by atoms with Crippen LogP contribution in [-0.4, -0.2) is 45.6 Å². The van der Waals surface area contributed by atoms with Crippen molar-refractivity contribution in [2.24, 2.45) is 16.8 Å². The summed E-state index contributed by atoms with van der Waals surface area (Å²) in [7, 11) is 0. The highest BCUT2D eigenvalue weighted by molar-refractivity contribution is 6.67. The van der Waals surface area contributed by atoms with E-state index in [1.54, 1.807) is 0 Å². The summed E-state index contributed by atoms with van der Waals surface area (Å²) < 4.78 is 0. The number of anilines is 1. The van der Waals surface area contributed by atoms with Crippen molar-refractivity contribution in [1.82, 2.24) is 4.90 Å². The van der Waals surface area contributed by atoms with Gasteiger partial charge in [-0.25, -0.2) is 4.99 Å². The summed E-state index contributed by atoms with van der Waals surface area (Å²) in [6.45, 7) is 0. The summed E-state index contributed by atoms with van der Waals surface area (Å²) in [5, 5.41) is 11.3. The number of aliphatic hydroxyl groups is 1. The van der Waals surface area contributed by atoms with Crippen molar-refractivity contribution in [2.45, 2.75) is 101 Å². The maximum Gasteiger partial charge on any atom is 0.182 e. The molecule has 0 spiro atoms.